The van der Waals surface area contributed by atoms with Gasteiger partial charge in [-0.1, -0.05) is 23.2 Å². The molecule has 3 aliphatic heterocycles. The van der Waals surface area contributed by atoms with Gasteiger partial charge >= 0.3 is 7.82 Å². The lowest BCUT2D eigenvalue weighted by atomic mass is 10.1. The summed E-state index contributed by atoms with van der Waals surface area (Å²) in [7, 11) is -4.29. The van der Waals surface area contributed by atoms with Gasteiger partial charge in [0, 0.05) is 16.8 Å². The first-order chi connectivity index (χ1) is 14.5. The van der Waals surface area contributed by atoms with E-state index in [1.54, 1.807) is 0 Å². The van der Waals surface area contributed by atoms with Gasteiger partial charge in [-0.2, -0.15) is 0 Å². The van der Waals surface area contributed by atoms with E-state index >= 15 is 4.39 Å². The van der Waals surface area contributed by atoms with E-state index in [4.69, 9.17) is 41.5 Å². The molecule has 0 spiro atoms. The lowest BCUT2D eigenvalue weighted by molar-refractivity contribution is -0.225. The number of nitrogens with zero attached hydrogens (tertiary/aromatic N) is 1. The van der Waals surface area contributed by atoms with Gasteiger partial charge in [0.1, 0.15) is 29.6 Å². The number of ether oxygens (including phenoxy) is 1. The van der Waals surface area contributed by atoms with E-state index in [-0.39, 0.29) is 17.4 Å². The molecule has 0 saturated carbocycles. The molecule has 0 aromatic heterocycles. The Kier molecular flexibility index (Phi) is 5.97. The van der Waals surface area contributed by atoms with Crippen molar-refractivity contribution in [3.05, 3.63) is 40.0 Å². The molecular weight excluding hydrogens is 485 g/mol. The minimum atomic E-state index is -4.29. The summed E-state index contributed by atoms with van der Waals surface area (Å²) >= 11 is 11.6. The van der Waals surface area contributed by atoms with Crippen LogP contribution in [-0.2, 0) is 29.8 Å². The lowest BCUT2D eigenvalue weighted by Crippen LogP contribution is -2.56. The highest BCUT2D eigenvalue weighted by molar-refractivity contribution is 7.49. The van der Waals surface area contributed by atoms with Crippen LogP contribution in [0.15, 0.2) is 29.4 Å². The monoisotopic (exact) mass is 500 g/mol. The van der Waals surface area contributed by atoms with Crippen LogP contribution in [0.5, 0.6) is 5.75 Å². The molecule has 11 nitrogen and oxygen atoms in total. The van der Waals surface area contributed by atoms with Gasteiger partial charge in [-0.15, -0.1) is 0 Å². The number of nitrogens with one attached hydrogen (secondary N) is 1. The number of alkyl halides is 1. The van der Waals surface area contributed by atoms with Crippen LogP contribution < -0.4 is 9.84 Å². The number of aliphatic hydroxyl groups excluding tert-OH is 3. The number of phosphoric ester groups is 1. The molecule has 1 aromatic carbocycles. The van der Waals surface area contributed by atoms with Gasteiger partial charge in [0.25, 0.3) is 11.8 Å². The maximum absolute atomic E-state index is 15.3. The molecule has 31 heavy (non-hydrogen) atoms. The van der Waals surface area contributed by atoms with Crippen LogP contribution in [0.25, 0.3) is 0 Å². The SMILES string of the molecule is O=C1NC(O)N([C@@H]2O[C@](F)(COP3(=O)OCc4cc(Cl)ccc4O3)[C@@H](O)[C@H]2O)C=C1Cl. The van der Waals surface area contributed by atoms with E-state index in [9.17, 15) is 24.7 Å². The van der Waals surface area contributed by atoms with Crippen molar-refractivity contribution >= 4 is 36.9 Å². The van der Waals surface area contributed by atoms with Gasteiger partial charge in [0.05, 0.1) is 6.61 Å². The molecule has 0 bridgehead atoms. The molecule has 0 aliphatic carbocycles. The van der Waals surface area contributed by atoms with E-state index in [2.05, 4.69) is 0 Å². The van der Waals surface area contributed by atoms with Gasteiger partial charge < -0.3 is 34.8 Å². The van der Waals surface area contributed by atoms with E-state index in [1.165, 1.54) is 18.2 Å². The molecule has 2 unspecified atom stereocenters. The molecule has 1 amide bonds. The molecule has 170 valence electrons. The van der Waals surface area contributed by atoms with Crippen LogP contribution in [0.3, 0.4) is 0 Å². The average molecular weight is 501 g/mol. The standard InChI is InChI=1S/C16H16Cl2FN2O9P/c17-8-1-2-10-7(3-8)5-27-31(26,30-10)28-6-16(19)12(23)11(22)14(29-16)21-4-9(18)13(24)20-15(21)25/h1-4,11-12,14-15,22-23,25H,5-6H2,(H,20,24)/t11-,12+,14-,15?,16-,31?/m1/s1. The minimum absolute atomic E-state index is 0.157. The Morgan fingerprint density at radius 3 is 2.84 bits per heavy atom. The van der Waals surface area contributed by atoms with Crippen molar-refractivity contribution < 1.29 is 47.4 Å². The highest BCUT2D eigenvalue weighted by atomic mass is 35.5. The van der Waals surface area contributed by atoms with Crippen LogP contribution in [0.1, 0.15) is 5.56 Å². The number of aliphatic hydroxyl groups is 3. The topological polar surface area (TPSA) is 147 Å². The number of hydrogen-bond donors (Lipinski definition) is 4. The first-order valence-electron chi connectivity index (χ1n) is 8.75. The summed E-state index contributed by atoms with van der Waals surface area (Å²) in [5.41, 5.74) is 0.495. The number of benzene rings is 1. The number of hydrogen-bond acceptors (Lipinski definition) is 10. The third-order valence-electron chi connectivity index (χ3n) is 4.72. The van der Waals surface area contributed by atoms with Crippen molar-refractivity contribution in [2.45, 2.75) is 37.2 Å². The zero-order valence-electron chi connectivity index (χ0n) is 15.4. The van der Waals surface area contributed by atoms with Gasteiger partial charge in [-0.3, -0.25) is 13.8 Å². The fourth-order valence-electron chi connectivity index (χ4n) is 3.12. The summed E-state index contributed by atoms with van der Waals surface area (Å²) in [6.45, 7) is -1.35. The molecule has 0 radical (unpaired) electrons. The van der Waals surface area contributed by atoms with Crippen molar-refractivity contribution in [2.24, 2.45) is 0 Å². The summed E-state index contributed by atoms with van der Waals surface area (Å²) in [4.78, 5) is 12.2. The van der Waals surface area contributed by atoms with E-state index in [0.29, 0.717) is 10.6 Å². The third-order valence-corrected chi connectivity index (χ3v) is 6.54. The summed E-state index contributed by atoms with van der Waals surface area (Å²) in [6, 6.07) is 4.45. The Bertz CT molecular complexity index is 984. The Morgan fingerprint density at radius 2 is 2.10 bits per heavy atom. The Labute approximate surface area is 184 Å². The Balaban J connectivity index is 1.47. The molecule has 1 aromatic rings. The van der Waals surface area contributed by atoms with E-state index < -0.39 is 51.0 Å². The number of amides is 1. The second-order valence-electron chi connectivity index (χ2n) is 6.84. The van der Waals surface area contributed by atoms with Crippen LogP contribution in [0.2, 0.25) is 5.02 Å². The summed E-state index contributed by atoms with van der Waals surface area (Å²) in [5.74, 6) is -3.72. The second-order valence-corrected chi connectivity index (χ2v) is 9.28. The van der Waals surface area contributed by atoms with Crippen molar-refractivity contribution in [1.82, 2.24) is 10.2 Å². The van der Waals surface area contributed by atoms with Gasteiger partial charge in [-0.05, 0) is 18.2 Å². The highest BCUT2D eigenvalue weighted by Gasteiger charge is 2.59. The molecule has 6 atom stereocenters. The molecular formula is C16H16Cl2FN2O9P. The van der Waals surface area contributed by atoms with Crippen LogP contribution in [0, 0.1) is 0 Å². The predicted molar refractivity (Wildman–Crippen MR) is 101 cm³/mol. The summed E-state index contributed by atoms with van der Waals surface area (Å²) in [5, 5.41) is 32.4. The second kappa shape index (κ2) is 8.14. The first-order valence-corrected chi connectivity index (χ1v) is 11.0. The van der Waals surface area contributed by atoms with Gasteiger partial charge in [0.2, 0.25) is 6.35 Å². The number of carbonyl (C=O) groups excluding carboxylic acids is 1. The molecule has 4 rings (SSSR count). The molecule has 15 heteroatoms. The zero-order valence-corrected chi connectivity index (χ0v) is 17.8. The molecule has 1 saturated heterocycles. The predicted octanol–water partition coefficient (Wildman–Crippen LogP) is 0.905. The molecule has 1 fully saturated rings. The van der Waals surface area contributed by atoms with Crippen LogP contribution in [-0.4, -0.2) is 63.4 Å². The molecule has 3 aliphatic rings. The van der Waals surface area contributed by atoms with E-state index in [0.717, 1.165) is 11.1 Å². The number of rotatable bonds is 4. The molecule has 3 heterocycles. The van der Waals surface area contributed by atoms with Crippen molar-refractivity contribution in [1.29, 1.82) is 0 Å². The van der Waals surface area contributed by atoms with Crippen molar-refractivity contribution in [2.75, 3.05) is 6.61 Å². The number of halogens is 3. The molecule has 4 N–H and O–H groups in total. The maximum atomic E-state index is 15.3. The van der Waals surface area contributed by atoms with E-state index in [1.807, 2.05) is 5.32 Å². The largest absolute Gasteiger partial charge is 0.530 e. The Hall–Kier alpha value is -1.47. The summed E-state index contributed by atoms with van der Waals surface area (Å²) in [6.07, 6.45) is -6.58. The highest BCUT2D eigenvalue weighted by Crippen LogP contribution is 2.55. The normalized spacial score (nSPS) is 37.7. The number of fused-ring (bicyclic) bond motifs is 1. The summed E-state index contributed by atoms with van der Waals surface area (Å²) < 4.78 is 48.3. The number of phosphoric acid groups is 1. The van der Waals surface area contributed by atoms with Crippen molar-refractivity contribution in [3.8, 4) is 5.75 Å². The van der Waals surface area contributed by atoms with Crippen LogP contribution in [0.4, 0.5) is 4.39 Å². The van der Waals surface area contributed by atoms with Crippen molar-refractivity contribution in [3.63, 3.8) is 0 Å². The van der Waals surface area contributed by atoms with Crippen LogP contribution >= 0.6 is 31.0 Å². The fraction of sp³-hybridized carbons (Fsp3) is 0.438. The fourth-order valence-corrected chi connectivity index (χ4v) is 4.71. The zero-order chi connectivity index (χ0) is 22.6. The lowest BCUT2D eigenvalue weighted by Gasteiger charge is -2.36. The maximum Gasteiger partial charge on any atom is 0.530 e. The Morgan fingerprint density at radius 1 is 1.35 bits per heavy atom. The first kappa shape index (κ1) is 22.7. The number of carbonyl (C=O) groups is 1. The minimum Gasteiger partial charge on any atom is -0.404 e. The quantitative estimate of drug-likeness (QED) is 0.439. The van der Waals surface area contributed by atoms with Gasteiger partial charge in [0.15, 0.2) is 6.23 Å². The third kappa shape index (κ3) is 4.28. The van der Waals surface area contributed by atoms with Gasteiger partial charge in [-0.25, -0.2) is 8.96 Å². The average Bonchev–Trinajstić information content (AvgIpc) is 2.94. The smallest absolute Gasteiger partial charge is 0.404 e.